The van der Waals surface area contributed by atoms with Gasteiger partial charge < -0.3 is 9.64 Å². The summed E-state index contributed by atoms with van der Waals surface area (Å²) in [5, 5.41) is -0.188. The van der Waals surface area contributed by atoms with E-state index in [2.05, 4.69) is 4.72 Å². The molecule has 26 heavy (non-hydrogen) atoms. The minimum absolute atomic E-state index is 0.101. The summed E-state index contributed by atoms with van der Waals surface area (Å²) in [7, 11) is -1.56. The molecule has 1 fully saturated rings. The first-order valence-corrected chi connectivity index (χ1v) is 11.6. The molecule has 0 bridgehead atoms. The normalized spacial score (nSPS) is 19.2. The van der Waals surface area contributed by atoms with Gasteiger partial charge in [0.25, 0.3) is 0 Å². The summed E-state index contributed by atoms with van der Waals surface area (Å²) >= 11 is 1.54. The molecule has 0 aliphatic carbocycles. The quantitative estimate of drug-likeness (QED) is 0.679. The van der Waals surface area contributed by atoms with E-state index >= 15 is 0 Å². The Hall–Kier alpha value is -1.25. The van der Waals surface area contributed by atoms with Gasteiger partial charge in [0.2, 0.25) is 15.9 Å². The van der Waals surface area contributed by atoms with E-state index in [0.29, 0.717) is 13.0 Å². The molecular weight excluding hydrogens is 372 g/mol. The summed E-state index contributed by atoms with van der Waals surface area (Å²) in [6.45, 7) is 3.04. The Labute approximate surface area is 160 Å². The van der Waals surface area contributed by atoms with Crippen LogP contribution in [-0.2, 0) is 14.8 Å². The van der Waals surface area contributed by atoms with Crippen molar-refractivity contribution >= 4 is 27.7 Å². The van der Waals surface area contributed by atoms with E-state index in [1.807, 2.05) is 36.1 Å². The van der Waals surface area contributed by atoms with Crippen molar-refractivity contribution in [3.8, 4) is 5.75 Å². The van der Waals surface area contributed by atoms with E-state index in [-0.39, 0.29) is 17.2 Å². The highest BCUT2D eigenvalue weighted by molar-refractivity contribution is 8.00. The monoisotopic (exact) mass is 400 g/mol. The smallest absolute Gasteiger partial charge is 0.236 e. The van der Waals surface area contributed by atoms with Gasteiger partial charge in [-0.3, -0.25) is 4.79 Å². The van der Waals surface area contributed by atoms with E-state index in [4.69, 9.17) is 4.74 Å². The second-order valence-electron chi connectivity index (χ2n) is 6.57. The second kappa shape index (κ2) is 9.62. The Bertz CT molecular complexity index is 692. The van der Waals surface area contributed by atoms with Gasteiger partial charge in [-0.1, -0.05) is 0 Å². The third-order valence-corrected chi connectivity index (χ3v) is 6.30. The van der Waals surface area contributed by atoms with E-state index in [1.165, 1.54) is 11.8 Å². The predicted molar refractivity (Wildman–Crippen MR) is 105 cm³/mol. The van der Waals surface area contributed by atoms with Crippen LogP contribution in [-0.4, -0.2) is 57.0 Å². The van der Waals surface area contributed by atoms with Gasteiger partial charge in [-0.2, -0.15) is 0 Å². The molecule has 1 heterocycles. The van der Waals surface area contributed by atoms with E-state index in [9.17, 15) is 13.2 Å². The lowest BCUT2D eigenvalue weighted by Crippen LogP contribution is -2.48. The van der Waals surface area contributed by atoms with E-state index in [1.54, 1.807) is 7.11 Å². The molecule has 1 N–H and O–H groups in total. The molecule has 1 aliphatic rings. The lowest BCUT2D eigenvalue weighted by molar-refractivity contribution is -0.134. The largest absolute Gasteiger partial charge is 0.497 e. The van der Waals surface area contributed by atoms with Gasteiger partial charge >= 0.3 is 0 Å². The lowest BCUT2D eigenvalue weighted by Gasteiger charge is -2.37. The lowest BCUT2D eigenvalue weighted by atomic mass is 9.99. The average Bonchev–Trinajstić information content (AvgIpc) is 2.61. The van der Waals surface area contributed by atoms with Gasteiger partial charge in [0.15, 0.2) is 0 Å². The fourth-order valence-electron chi connectivity index (χ4n) is 3.14. The number of carbonyl (C=O) groups is 1. The third kappa shape index (κ3) is 6.48. The highest BCUT2D eigenvalue weighted by Crippen LogP contribution is 2.29. The molecule has 146 valence electrons. The van der Waals surface area contributed by atoms with Crippen LogP contribution < -0.4 is 9.46 Å². The number of ether oxygens (including phenoxy) is 1. The highest BCUT2D eigenvalue weighted by Gasteiger charge is 2.29. The van der Waals surface area contributed by atoms with Crippen molar-refractivity contribution in [1.82, 2.24) is 9.62 Å². The molecule has 6 nitrogen and oxygen atoms in total. The maximum Gasteiger partial charge on any atom is 0.236 e. The van der Waals surface area contributed by atoms with Crippen molar-refractivity contribution < 1.29 is 17.9 Å². The molecule has 2 unspecified atom stereocenters. The SMILES string of the molecule is COc1ccc(SC(C)C(=O)N2CCCCC2CCNS(C)(=O)=O)cc1. The molecule has 1 saturated heterocycles. The zero-order valence-corrected chi connectivity index (χ0v) is 17.2. The van der Waals surface area contributed by atoms with Gasteiger partial charge in [0, 0.05) is 24.0 Å². The van der Waals surface area contributed by atoms with Crippen LogP contribution in [0.4, 0.5) is 0 Å². The summed E-state index contributed by atoms with van der Waals surface area (Å²) < 4.78 is 30.2. The Balaban J connectivity index is 1.94. The first kappa shape index (κ1) is 21.1. The summed E-state index contributed by atoms with van der Waals surface area (Å²) in [6.07, 6.45) is 4.81. The van der Waals surface area contributed by atoms with Crippen molar-refractivity contribution in [2.45, 2.75) is 48.8 Å². The first-order valence-electron chi connectivity index (χ1n) is 8.86. The van der Waals surface area contributed by atoms with Crippen LogP contribution in [0.15, 0.2) is 29.2 Å². The van der Waals surface area contributed by atoms with Gasteiger partial charge in [0.05, 0.1) is 18.6 Å². The van der Waals surface area contributed by atoms with Crippen LogP contribution in [0.2, 0.25) is 0 Å². The van der Waals surface area contributed by atoms with Crippen molar-refractivity contribution in [3.63, 3.8) is 0 Å². The van der Waals surface area contributed by atoms with Gasteiger partial charge in [0.1, 0.15) is 5.75 Å². The number of likely N-dealkylation sites (tertiary alicyclic amines) is 1. The number of piperidine rings is 1. The number of benzene rings is 1. The van der Waals surface area contributed by atoms with Crippen LogP contribution in [0, 0.1) is 0 Å². The number of nitrogens with zero attached hydrogens (tertiary/aromatic N) is 1. The average molecular weight is 401 g/mol. The molecule has 1 aromatic rings. The fourth-order valence-corrected chi connectivity index (χ4v) is 4.57. The van der Waals surface area contributed by atoms with Crippen molar-refractivity contribution in [3.05, 3.63) is 24.3 Å². The van der Waals surface area contributed by atoms with Gasteiger partial charge in [-0.05, 0) is 56.9 Å². The standard InChI is InChI=1S/C18H28N2O4S2/c1-14(25-17-9-7-16(24-2)8-10-17)18(21)20-13-5-4-6-15(20)11-12-19-26(3,22)23/h7-10,14-15,19H,4-6,11-13H2,1-3H3. The summed E-state index contributed by atoms with van der Waals surface area (Å²) in [5.41, 5.74) is 0. The van der Waals surface area contributed by atoms with Crippen molar-refractivity contribution in [2.24, 2.45) is 0 Å². The first-order chi connectivity index (χ1) is 12.3. The molecule has 1 aliphatic heterocycles. The number of hydrogen-bond donors (Lipinski definition) is 1. The Morgan fingerprint density at radius 2 is 2.04 bits per heavy atom. The molecule has 1 amide bonds. The van der Waals surface area contributed by atoms with Crippen LogP contribution >= 0.6 is 11.8 Å². The number of nitrogens with one attached hydrogen (secondary N) is 1. The molecule has 8 heteroatoms. The maximum atomic E-state index is 12.9. The Kier molecular flexibility index (Phi) is 7.79. The zero-order valence-electron chi connectivity index (χ0n) is 15.6. The summed E-state index contributed by atoms with van der Waals surface area (Å²) in [5.74, 6) is 0.915. The molecule has 2 rings (SSSR count). The fraction of sp³-hybridized carbons (Fsp3) is 0.611. The maximum absolute atomic E-state index is 12.9. The molecule has 0 spiro atoms. The number of hydrogen-bond acceptors (Lipinski definition) is 5. The van der Waals surface area contributed by atoms with Crippen molar-refractivity contribution in [1.29, 1.82) is 0 Å². The number of amides is 1. The number of methoxy groups -OCH3 is 1. The summed E-state index contributed by atoms with van der Waals surface area (Å²) in [4.78, 5) is 15.9. The Morgan fingerprint density at radius 3 is 2.65 bits per heavy atom. The zero-order chi connectivity index (χ0) is 19.2. The second-order valence-corrected chi connectivity index (χ2v) is 9.82. The van der Waals surface area contributed by atoms with E-state index in [0.717, 1.165) is 42.7 Å². The highest BCUT2D eigenvalue weighted by atomic mass is 32.2. The molecule has 2 atom stereocenters. The van der Waals surface area contributed by atoms with Gasteiger partial charge in [-0.25, -0.2) is 13.1 Å². The number of sulfonamides is 1. The van der Waals surface area contributed by atoms with Crippen molar-refractivity contribution in [2.75, 3.05) is 26.5 Å². The third-order valence-electron chi connectivity index (χ3n) is 4.47. The predicted octanol–water partition coefficient (Wildman–Crippen LogP) is 2.50. The molecule has 1 aromatic carbocycles. The van der Waals surface area contributed by atoms with Crippen LogP contribution in [0.25, 0.3) is 0 Å². The molecule has 0 aromatic heterocycles. The van der Waals surface area contributed by atoms with Crippen LogP contribution in [0.3, 0.4) is 0 Å². The molecule has 0 radical (unpaired) electrons. The topological polar surface area (TPSA) is 75.7 Å². The Morgan fingerprint density at radius 1 is 1.35 bits per heavy atom. The minimum atomic E-state index is -3.19. The van der Waals surface area contributed by atoms with Crippen LogP contribution in [0.1, 0.15) is 32.6 Å². The number of carbonyl (C=O) groups excluding carboxylic acids is 1. The van der Waals surface area contributed by atoms with Crippen LogP contribution in [0.5, 0.6) is 5.75 Å². The summed E-state index contributed by atoms with van der Waals surface area (Å²) in [6, 6.07) is 7.79. The molecule has 0 saturated carbocycles. The van der Waals surface area contributed by atoms with E-state index < -0.39 is 10.0 Å². The molecular formula is C18H28N2O4S2. The van der Waals surface area contributed by atoms with Gasteiger partial charge in [-0.15, -0.1) is 11.8 Å². The number of rotatable bonds is 8. The number of thioether (sulfide) groups is 1. The minimum Gasteiger partial charge on any atom is -0.497 e.